The van der Waals surface area contributed by atoms with Gasteiger partial charge in [-0.05, 0) is 30.4 Å². The number of nitrogens with zero attached hydrogens (tertiary/aromatic N) is 1. The maximum atomic E-state index is 11.8. The van der Waals surface area contributed by atoms with Gasteiger partial charge in [0.2, 0.25) is 5.91 Å². The lowest BCUT2D eigenvalue weighted by molar-refractivity contribution is -0.123. The van der Waals surface area contributed by atoms with Crippen LogP contribution in [0.2, 0.25) is 0 Å². The van der Waals surface area contributed by atoms with Gasteiger partial charge in [0, 0.05) is 13.1 Å². The second kappa shape index (κ2) is 6.05. The Morgan fingerprint density at radius 1 is 1.44 bits per heavy atom. The zero-order valence-corrected chi connectivity index (χ0v) is 11.2. The van der Waals surface area contributed by atoms with E-state index >= 15 is 0 Å². The maximum Gasteiger partial charge on any atom is 0.234 e. The van der Waals surface area contributed by atoms with Crippen LogP contribution in [0.4, 0.5) is 0 Å². The van der Waals surface area contributed by atoms with Gasteiger partial charge in [-0.1, -0.05) is 13.8 Å². The molecule has 2 rings (SSSR count). The van der Waals surface area contributed by atoms with Gasteiger partial charge in [-0.15, -0.1) is 0 Å². The van der Waals surface area contributed by atoms with Crippen molar-refractivity contribution in [2.75, 3.05) is 19.6 Å². The highest BCUT2D eigenvalue weighted by atomic mass is 16.3. The molecule has 4 heteroatoms. The van der Waals surface area contributed by atoms with Crippen LogP contribution in [-0.4, -0.2) is 30.4 Å². The number of hydrogen-bond donors (Lipinski definition) is 1. The van der Waals surface area contributed by atoms with E-state index in [1.807, 2.05) is 12.1 Å². The minimum absolute atomic E-state index is 0.0766. The van der Waals surface area contributed by atoms with Gasteiger partial charge in [0.25, 0.3) is 0 Å². The third-order valence-electron chi connectivity index (χ3n) is 3.35. The van der Waals surface area contributed by atoms with Gasteiger partial charge < -0.3 is 9.73 Å². The van der Waals surface area contributed by atoms with Crippen LogP contribution in [0.1, 0.15) is 26.0 Å². The monoisotopic (exact) mass is 250 g/mol. The average Bonchev–Trinajstić information content (AvgIpc) is 2.77. The fraction of sp³-hybridized carbons (Fsp3) is 0.643. The SMILES string of the molecule is C[C@@H]1C[C@H](C)CN(CC(=O)NCc2ccco2)C1. The summed E-state index contributed by atoms with van der Waals surface area (Å²) in [5, 5.41) is 2.89. The lowest BCUT2D eigenvalue weighted by Crippen LogP contribution is -2.44. The van der Waals surface area contributed by atoms with Crippen LogP contribution in [0.15, 0.2) is 22.8 Å². The van der Waals surface area contributed by atoms with Crippen molar-refractivity contribution in [1.29, 1.82) is 0 Å². The van der Waals surface area contributed by atoms with E-state index in [-0.39, 0.29) is 5.91 Å². The third kappa shape index (κ3) is 3.88. The first-order chi connectivity index (χ1) is 8.63. The van der Waals surface area contributed by atoms with Gasteiger partial charge >= 0.3 is 0 Å². The molecular formula is C14H22N2O2. The number of piperidine rings is 1. The van der Waals surface area contributed by atoms with E-state index in [1.54, 1.807) is 6.26 Å². The third-order valence-corrected chi connectivity index (χ3v) is 3.35. The van der Waals surface area contributed by atoms with Crippen LogP contribution in [0.3, 0.4) is 0 Å². The molecule has 2 atom stereocenters. The summed E-state index contributed by atoms with van der Waals surface area (Å²) >= 11 is 0. The Bertz CT molecular complexity index is 365. The number of furan rings is 1. The summed E-state index contributed by atoms with van der Waals surface area (Å²) in [5.74, 6) is 2.25. The molecule has 1 aromatic rings. The molecule has 1 fully saturated rings. The predicted molar refractivity (Wildman–Crippen MR) is 69.9 cm³/mol. The molecule has 1 saturated heterocycles. The Balaban J connectivity index is 1.73. The molecule has 0 spiro atoms. The van der Waals surface area contributed by atoms with Crippen molar-refractivity contribution in [2.45, 2.75) is 26.8 Å². The molecule has 1 aliphatic rings. The molecule has 2 heterocycles. The second-order valence-electron chi connectivity index (χ2n) is 5.50. The highest BCUT2D eigenvalue weighted by Gasteiger charge is 2.23. The molecule has 1 aromatic heterocycles. The summed E-state index contributed by atoms with van der Waals surface area (Å²) in [7, 11) is 0. The summed E-state index contributed by atoms with van der Waals surface area (Å²) in [6, 6.07) is 3.70. The molecule has 4 nitrogen and oxygen atoms in total. The summed E-state index contributed by atoms with van der Waals surface area (Å²) in [6.45, 7) is 7.53. The van der Waals surface area contributed by atoms with Crippen LogP contribution in [-0.2, 0) is 11.3 Å². The first-order valence-electron chi connectivity index (χ1n) is 6.65. The largest absolute Gasteiger partial charge is 0.467 e. The lowest BCUT2D eigenvalue weighted by Gasteiger charge is -2.34. The van der Waals surface area contributed by atoms with E-state index in [4.69, 9.17) is 4.42 Å². The number of nitrogens with one attached hydrogen (secondary N) is 1. The number of hydrogen-bond acceptors (Lipinski definition) is 3. The Labute approximate surface area is 108 Å². The highest BCUT2D eigenvalue weighted by Crippen LogP contribution is 2.20. The molecule has 0 unspecified atom stereocenters. The number of rotatable bonds is 4. The van der Waals surface area contributed by atoms with Crippen molar-refractivity contribution >= 4 is 5.91 Å². The Hall–Kier alpha value is -1.29. The molecule has 0 aromatic carbocycles. The molecule has 0 bridgehead atoms. The molecule has 0 saturated carbocycles. The summed E-state index contributed by atoms with van der Waals surface area (Å²) < 4.78 is 5.18. The van der Waals surface area contributed by atoms with E-state index in [2.05, 4.69) is 24.1 Å². The van der Waals surface area contributed by atoms with E-state index in [1.165, 1.54) is 6.42 Å². The van der Waals surface area contributed by atoms with E-state index in [0.29, 0.717) is 24.9 Å². The fourth-order valence-corrected chi connectivity index (χ4v) is 2.78. The molecule has 0 radical (unpaired) electrons. The predicted octanol–water partition coefficient (Wildman–Crippen LogP) is 1.87. The van der Waals surface area contributed by atoms with Crippen molar-refractivity contribution in [1.82, 2.24) is 10.2 Å². The summed E-state index contributed by atoms with van der Waals surface area (Å²) in [5.41, 5.74) is 0. The Kier molecular flexibility index (Phi) is 4.42. The summed E-state index contributed by atoms with van der Waals surface area (Å²) in [4.78, 5) is 14.1. The smallest absolute Gasteiger partial charge is 0.234 e. The van der Waals surface area contributed by atoms with Crippen LogP contribution >= 0.6 is 0 Å². The van der Waals surface area contributed by atoms with Gasteiger partial charge in [-0.2, -0.15) is 0 Å². The maximum absolute atomic E-state index is 11.8. The normalized spacial score (nSPS) is 25.0. The van der Waals surface area contributed by atoms with Crippen LogP contribution in [0, 0.1) is 11.8 Å². The van der Waals surface area contributed by atoms with Crippen molar-refractivity contribution < 1.29 is 9.21 Å². The quantitative estimate of drug-likeness (QED) is 0.887. The standard InChI is InChI=1S/C14H22N2O2/c1-11-6-12(2)9-16(8-11)10-14(17)15-7-13-4-3-5-18-13/h3-5,11-12H,6-10H2,1-2H3,(H,15,17)/t11-,12+. The molecule has 0 aliphatic carbocycles. The molecular weight excluding hydrogens is 228 g/mol. The second-order valence-corrected chi connectivity index (χ2v) is 5.50. The van der Waals surface area contributed by atoms with Crippen LogP contribution in [0.25, 0.3) is 0 Å². The number of carbonyl (C=O) groups is 1. The first kappa shape index (κ1) is 13.1. The average molecular weight is 250 g/mol. The lowest BCUT2D eigenvalue weighted by atomic mass is 9.92. The number of amides is 1. The van der Waals surface area contributed by atoms with E-state index in [0.717, 1.165) is 18.8 Å². The zero-order chi connectivity index (χ0) is 13.0. The minimum atomic E-state index is 0.0766. The Morgan fingerprint density at radius 2 is 2.17 bits per heavy atom. The van der Waals surface area contributed by atoms with Gasteiger partial charge in [-0.25, -0.2) is 0 Å². The minimum Gasteiger partial charge on any atom is -0.467 e. The van der Waals surface area contributed by atoms with Gasteiger partial charge in [0.1, 0.15) is 5.76 Å². The molecule has 1 N–H and O–H groups in total. The number of carbonyl (C=O) groups excluding carboxylic acids is 1. The number of likely N-dealkylation sites (tertiary alicyclic amines) is 1. The molecule has 100 valence electrons. The van der Waals surface area contributed by atoms with Crippen LogP contribution < -0.4 is 5.32 Å². The van der Waals surface area contributed by atoms with Crippen molar-refractivity contribution in [3.63, 3.8) is 0 Å². The van der Waals surface area contributed by atoms with Crippen molar-refractivity contribution in [3.8, 4) is 0 Å². The van der Waals surface area contributed by atoms with Crippen molar-refractivity contribution in [2.24, 2.45) is 11.8 Å². The van der Waals surface area contributed by atoms with Gasteiger partial charge in [0.15, 0.2) is 0 Å². The van der Waals surface area contributed by atoms with Gasteiger partial charge in [-0.3, -0.25) is 9.69 Å². The first-order valence-corrected chi connectivity index (χ1v) is 6.65. The topological polar surface area (TPSA) is 45.5 Å². The van der Waals surface area contributed by atoms with E-state index in [9.17, 15) is 4.79 Å². The highest BCUT2D eigenvalue weighted by molar-refractivity contribution is 5.77. The van der Waals surface area contributed by atoms with E-state index < -0.39 is 0 Å². The fourth-order valence-electron chi connectivity index (χ4n) is 2.78. The zero-order valence-electron chi connectivity index (χ0n) is 11.2. The molecule has 1 amide bonds. The molecule has 1 aliphatic heterocycles. The van der Waals surface area contributed by atoms with Crippen molar-refractivity contribution in [3.05, 3.63) is 24.2 Å². The Morgan fingerprint density at radius 3 is 2.78 bits per heavy atom. The van der Waals surface area contributed by atoms with Gasteiger partial charge in [0.05, 0.1) is 19.4 Å². The van der Waals surface area contributed by atoms with Crippen LogP contribution in [0.5, 0.6) is 0 Å². The summed E-state index contributed by atoms with van der Waals surface area (Å²) in [6.07, 6.45) is 2.89. The molecule has 18 heavy (non-hydrogen) atoms.